The normalized spacial score (nSPS) is 10.7. The van der Waals surface area contributed by atoms with Gasteiger partial charge in [0.2, 0.25) is 5.65 Å². The van der Waals surface area contributed by atoms with Gasteiger partial charge < -0.3 is 5.32 Å². The molecule has 3 aromatic rings. The van der Waals surface area contributed by atoms with Crippen LogP contribution in [0.15, 0.2) is 36.9 Å². The van der Waals surface area contributed by atoms with Crippen molar-refractivity contribution in [1.29, 1.82) is 0 Å². The summed E-state index contributed by atoms with van der Waals surface area (Å²) in [4.78, 5) is 4.08. The van der Waals surface area contributed by atoms with Crippen LogP contribution in [0.3, 0.4) is 0 Å². The third-order valence-electron chi connectivity index (χ3n) is 2.60. The number of hydrogen-bond acceptors (Lipinski definition) is 5. The van der Waals surface area contributed by atoms with E-state index in [1.807, 2.05) is 31.3 Å². The summed E-state index contributed by atoms with van der Waals surface area (Å²) >= 11 is 0. The third-order valence-corrected chi connectivity index (χ3v) is 2.60. The number of pyridine rings is 1. The molecule has 0 saturated heterocycles. The van der Waals surface area contributed by atoms with E-state index in [1.54, 1.807) is 17.0 Å². The molecule has 0 aliphatic carbocycles. The zero-order valence-corrected chi connectivity index (χ0v) is 9.91. The summed E-state index contributed by atoms with van der Waals surface area (Å²) in [6.45, 7) is 2.63. The van der Waals surface area contributed by atoms with Crippen molar-refractivity contribution in [2.75, 3.05) is 5.32 Å². The average molecular weight is 240 g/mol. The van der Waals surface area contributed by atoms with Gasteiger partial charge in [-0.05, 0) is 24.6 Å². The molecule has 0 aliphatic rings. The molecule has 6 nitrogen and oxygen atoms in total. The first-order valence-corrected chi connectivity index (χ1v) is 5.63. The quantitative estimate of drug-likeness (QED) is 0.750. The average Bonchev–Trinajstić information content (AvgIpc) is 2.85. The molecule has 90 valence electrons. The molecular weight excluding hydrogens is 228 g/mol. The van der Waals surface area contributed by atoms with Crippen molar-refractivity contribution in [3.8, 4) is 0 Å². The minimum Gasteiger partial charge on any atom is -0.378 e. The van der Waals surface area contributed by atoms with E-state index in [2.05, 4.69) is 25.6 Å². The summed E-state index contributed by atoms with van der Waals surface area (Å²) in [7, 11) is 0. The Hall–Kier alpha value is -2.50. The molecule has 0 spiro atoms. The fourth-order valence-corrected chi connectivity index (χ4v) is 1.78. The highest BCUT2D eigenvalue weighted by atomic mass is 15.3. The second kappa shape index (κ2) is 4.40. The van der Waals surface area contributed by atoms with Gasteiger partial charge in [0, 0.05) is 18.9 Å². The van der Waals surface area contributed by atoms with Crippen molar-refractivity contribution in [2.24, 2.45) is 0 Å². The molecule has 0 bridgehead atoms. The van der Waals surface area contributed by atoms with Crippen molar-refractivity contribution < 1.29 is 0 Å². The summed E-state index contributed by atoms with van der Waals surface area (Å²) in [5.41, 5.74) is 3.67. The molecule has 1 N–H and O–H groups in total. The number of nitrogens with zero attached hydrogens (tertiary/aromatic N) is 5. The second-order valence-corrected chi connectivity index (χ2v) is 4.01. The number of rotatable bonds is 3. The molecule has 0 amide bonds. The molecular formula is C12H12N6. The van der Waals surface area contributed by atoms with Crippen molar-refractivity contribution in [2.45, 2.75) is 13.5 Å². The molecule has 0 aromatic carbocycles. The second-order valence-electron chi connectivity index (χ2n) is 4.01. The number of aryl methyl sites for hydroxylation is 1. The van der Waals surface area contributed by atoms with Crippen LogP contribution < -0.4 is 5.32 Å². The summed E-state index contributed by atoms with van der Waals surface area (Å²) in [6.07, 6.45) is 5.19. The molecule has 3 heterocycles. The minimum absolute atomic E-state index is 0.694. The fourth-order valence-electron chi connectivity index (χ4n) is 1.78. The molecule has 3 rings (SSSR count). The number of anilines is 1. The SMILES string of the molecule is Cc1cc(NCc2cccnc2)c2nncn2n1. The standard InChI is InChI=1S/C12H12N6/c1-9-5-11(12-16-15-8-18(12)17-9)14-7-10-3-2-4-13-6-10/h2-6,8,14H,7H2,1H3. The topological polar surface area (TPSA) is 68.0 Å². The van der Waals surface area contributed by atoms with Crippen LogP contribution in [0.5, 0.6) is 0 Å². The molecule has 6 heteroatoms. The maximum absolute atomic E-state index is 4.29. The lowest BCUT2D eigenvalue weighted by atomic mass is 10.3. The highest BCUT2D eigenvalue weighted by Crippen LogP contribution is 2.15. The van der Waals surface area contributed by atoms with E-state index >= 15 is 0 Å². The van der Waals surface area contributed by atoms with Crippen molar-refractivity contribution >= 4 is 11.3 Å². The first-order chi connectivity index (χ1) is 8.83. The van der Waals surface area contributed by atoms with Gasteiger partial charge in [0.1, 0.15) is 6.33 Å². The molecule has 0 atom stereocenters. The maximum Gasteiger partial charge on any atom is 0.200 e. The Labute approximate surface area is 104 Å². The van der Waals surface area contributed by atoms with Crippen molar-refractivity contribution in [3.63, 3.8) is 0 Å². The Morgan fingerprint density at radius 2 is 2.33 bits per heavy atom. The van der Waals surface area contributed by atoms with E-state index < -0.39 is 0 Å². The van der Waals surface area contributed by atoms with Gasteiger partial charge in [-0.25, -0.2) is 0 Å². The van der Waals surface area contributed by atoms with Crippen LogP contribution in [-0.2, 0) is 6.54 Å². The highest BCUT2D eigenvalue weighted by Gasteiger charge is 2.05. The number of fused-ring (bicyclic) bond motifs is 1. The maximum atomic E-state index is 4.29. The van der Waals surface area contributed by atoms with E-state index in [0.29, 0.717) is 6.54 Å². The van der Waals surface area contributed by atoms with E-state index in [1.165, 1.54) is 0 Å². The molecule has 3 aromatic heterocycles. The molecule has 0 aliphatic heterocycles. The van der Waals surface area contributed by atoms with Gasteiger partial charge in [-0.15, -0.1) is 10.2 Å². The lowest BCUT2D eigenvalue weighted by Crippen LogP contribution is -2.04. The van der Waals surface area contributed by atoms with E-state index in [0.717, 1.165) is 22.6 Å². The predicted molar refractivity (Wildman–Crippen MR) is 67.1 cm³/mol. The highest BCUT2D eigenvalue weighted by molar-refractivity contribution is 5.66. The summed E-state index contributed by atoms with van der Waals surface area (Å²) in [6, 6.07) is 5.90. The van der Waals surface area contributed by atoms with Gasteiger partial charge in [0.25, 0.3) is 0 Å². The third kappa shape index (κ3) is 2.00. The largest absolute Gasteiger partial charge is 0.378 e. The Kier molecular flexibility index (Phi) is 2.60. The summed E-state index contributed by atoms with van der Waals surface area (Å²) in [5, 5.41) is 15.5. The zero-order chi connectivity index (χ0) is 12.4. The van der Waals surface area contributed by atoms with Gasteiger partial charge >= 0.3 is 0 Å². The number of nitrogens with one attached hydrogen (secondary N) is 1. The van der Waals surface area contributed by atoms with Crippen LogP contribution in [0, 0.1) is 6.92 Å². The minimum atomic E-state index is 0.694. The molecule has 0 fully saturated rings. The van der Waals surface area contributed by atoms with Gasteiger partial charge in [-0.3, -0.25) is 4.98 Å². The van der Waals surface area contributed by atoms with Gasteiger partial charge in [-0.1, -0.05) is 6.07 Å². The van der Waals surface area contributed by atoms with Crippen LogP contribution in [-0.4, -0.2) is 24.8 Å². The summed E-state index contributed by atoms with van der Waals surface area (Å²) < 4.78 is 1.67. The van der Waals surface area contributed by atoms with Crippen molar-refractivity contribution in [3.05, 3.63) is 48.2 Å². The lowest BCUT2D eigenvalue weighted by molar-refractivity contribution is 0.892. The molecule has 0 unspecified atom stereocenters. The lowest BCUT2D eigenvalue weighted by Gasteiger charge is -2.07. The van der Waals surface area contributed by atoms with Gasteiger partial charge in [0.05, 0.1) is 11.4 Å². The van der Waals surface area contributed by atoms with Crippen LogP contribution in [0.2, 0.25) is 0 Å². The first-order valence-electron chi connectivity index (χ1n) is 5.63. The van der Waals surface area contributed by atoms with Gasteiger partial charge in [-0.2, -0.15) is 9.61 Å². The fraction of sp³-hybridized carbons (Fsp3) is 0.167. The van der Waals surface area contributed by atoms with Crippen LogP contribution in [0.25, 0.3) is 5.65 Å². The number of aromatic nitrogens is 5. The van der Waals surface area contributed by atoms with Crippen LogP contribution in [0.4, 0.5) is 5.69 Å². The van der Waals surface area contributed by atoms with Gasteiger partial charge in [0.15, 0.2) is 0 Å². The van der Waals surface area contributed by atoms with Crippen molar-refractivity contribution in [1.82, 2.24) is 24.8 Å². The molecule has 18 heavy (non-hydrogen) atoms. The monoisotopic (exact) mass is 240 g/mol. The van der Waals surface area contributed by atoms with Crippen LogP contribution >= 0.6 is 0 Å². The Morgan fingerprint density at radius 1 is 1.39 bits per heavy atom. The smallest absolute Gasteiger partial charge is 0.200 e. The van der Waals surface area contributed by atoms with E-state index in [4.69, 9.17) is 0 Å². The Balaban J connectivity index is 1.88. The molecule has 0 saturated carbocycles. The Bertz CT molecular complexity index is 661. The Morgan fingerprint density at radius 3 is 3.17 bits per heavy atom. The summed E-state index contributed by atoms with van der Waals surface area (Å²) in [5.74, 6) is 0. The van der Waals surface area contributed by atoms with Crippen LogP contribution in [0.1, 0.15) is 11.3 Å². The number of hydrogen-bond donors (Lipinski definition) is 1. The van der Waals surface area contributed by atoms with E-state index in [9.17, 15) is 0 Å². The predicted octanol–water partition coefficient (Wildman–Crippen LogP) is 1.44. The van der Waals surface area contributed by atoms with E-state index in [-0.39, 0.29) is 0 Å². The first kappa shape index (κ1) is 10.6. The zero-order valence-electron chi connectivity index (χ0n) is 9.91. The molecule has 0 radical (unpaired) electrons.